The maximum absolute atomic E-state index is 5.96. The molecular formula is C17H20N6OS. The van der Waals surface area contributed by atoms with E-state index in [9.17, 15) is 0 Å². The summed E-state index contributed by atoms with van der Waals surface area (Å²) in [6.45, 7) is 8.63. The van der Waals surface area contributed by atoms with Gasteiger partial charge in [0, 0.05) is 29.7 Å². The monoisotopic (exact) mass is 356 g/mol. The first-order valence-corrected chi connectivity index (χ1v) is 9.15. The molecule has 7 nitrogen and oxygen atoms in total. The molecule has 4 rings (SSSR count). The third kappa shape index (κ3) is 3.32. The highest BCUT2D eigenvalue weighted by atomic mass is 32.1. The molecule has 130 valence electrons. The summed E-state index contributed by atoms with van der Waals surface area (Å²) in [4.78, 5) is 24.3. The first-order valence-electron chi connectivity index (χ1n) is 8.27. The molecule has 0 spiro atoms. The lowest BCUT2D eigenvalue weighted by Crippen LogP contribution is -2.39. The van der Waals surface area contributed by atoms with Crippen molar-refractivity contribution in [3.63, 3.8) is 0 Å². The molecule has 0 N–H and O–H groups in total. The minimum Gasteiger partial charge on any atom is -0.367 e. The van der Waals surface area contributed by atoms with Crippen molar-refractivity contribution in [2.45, 2.75) is 32.3 Å². The lowest BCUT2D eigenvalue weighted by molar-refractivity contribution is 0.0392. The smallest absolute Gasteiger partial charge is 0.199 e. The summed E-state index contributed by atoms with van der Waals surface area (Å²) in [5.74, 6) is 0.800. The molecule has 1 aliphatic heterocycles. The maximum Gasteiger partial charge on any atom is 0.199 e. The number of hydrogen-bond acceptors (Lipinski definition) is 8. The van der Waals surface area contributed by atoms with Crippen LogP contribution in [0.1, 0.15) is 37.6 Å². The zero-order valence-corrected chi connectivity index (χ0v) is 15.3. The van der Waals surface area contributed by atoms with Crippen LogP contribution in [0.25, 0.3) is 11.3 Å². The van der Waals surface area contributed by atoms with Gasteiger partial charge in [0.1, 0.15) is 16.9 Å². The van der Waals surface area contributed by atoms with E-state index in [4.69, 9.17) is 9.72 Å². The zero-order chi connectivity index (χ0) is 17.4. The fourth-order valence-electron chi connectivity index (χ4n) is 2.69. The number of hydrogen-bond donors (Lipinski definition) is 0. The quantitative estimate of drug-likeness (QED) is 0.699. The van der Waals surface area contributed by atoms with Crippen LogP contribution in [0, 0.1) is 0 Å². The van der Waals surface area contributed by atoms with Crippen LogP contribution in [0.2, 0.25) is 0 Å². The van der Waals surface area contributed by atoms with Crippen LogP contribution in [0.3, 0.4) is 0 Å². The van der Waals surface area contributed by atoms with E-state index in [2.05, 4.69) is 51.0 Å². The Kier molecular flexibility index (Phi) is 4.09. The van der Waals surface area contributed by atoms with Gasteiger partial charge in [-0.2, -0.15) is 0 Å². The normalized spacial score (nSPS) is 18.7. The average Bonchev–Trinajstić information content (AvgIpc) is 3.12. The third-order valence-electron chi connectivity index (χ3n) is 4.14. The van der Waals surface area contributed by atoms with Crippen molar-refractivity contribution in [2.24, 2.45) is 0 Å². The molecule has 0 aromatic carbocycles. The van der Waals surface area contributed by atoms with Crippen LogP contribution < -0.4 is 4.90 Å². The van der Waals surface area contributed by atoms with Gasteiger partial charge >= 0.3 is 0 Å². The number of rotatable bonds is 2. The van der Waals surface area contributed by atoms with Gasteiger partial charge in [0.25, 0.3) is 0 Å². The summed E-state index contributed by atoms with van der Waals surface area (Å²) in [7, 11) is 0. The van der Waals surface area contributed by atoms with E-state index in [0.29, 0.717) is 24.4 Å². The first kappa shape index (κ1) is 16.3. The van der Waals surface area contributed by atoms with Gasteiger partial charge in [-0.15, -0.1) is 11.3 Å². The van der Waals surface area contributed by atoms with Gasteiger partial charge in [-0.1, -0.05) is 20.8 Å². The molecule has 1 fully saturated rings. The van der Waals surface area contributed by atoms with Crippen molar-refractivity contribution in [1.82, 2.24) is 24.9 Å². The van der Waals surface area contributed by atoms with Crippen molar-refractivity contribution in [2.75, 3.05) is 24.6 Å². The van der Waals surface area contributed by atoms with E-state index in [1.54, 1.807) is 29.9 Å². The standard InChI is InChI=1S/C17H20N6OS/c1-17(2,3)12-10-25-16(21-12)11-9-23(6-7-24-11)13-8-20-14-15(22-13)19-5-4-18-14/h4-5,8,10-11H,6-7,9H2,1-3H3. The zero-order valence-electron chi connectivity index (χ0n) is 14.5. The fourth-order valence-corrected chi connectivity index (χ4v) is 3.77. The summed E-state index contributed by atoms with van der Waals surface area (Å²) >= 11 is 1.66. The summed E-state index contributed by atoms with van der Waals surface area (Å²) < 4.78 is 5.96. The van der Waals surface area contributed by atoms with Gasteiger partial charge in [-0.3, -0.25) is 0 Å². The molecule has 0 radical (unpaired) electrons. The van der Waals surface area contributed by atoms with E-state index in [1.165, 1.54) is 0 Å². The minimum atomic E-state index is -0.0470. The Morgan fingerprint density at radius 1 is 1.12 bits per heavy atom. The van der Waals surface area contributed by atoms with Crippen LogP contribution in [-0.4, -0.2) is 44.6 Å². The average molecular weight is 356 g/mol. The van der Waals surface area contributed by atoms with Gasteiger partial charge in [-0.25, -0.2) is 24.9 Å². The van der Waals surface area contributed by atoms with Crippen molar-refractivity contribution in [3.8, 4) is 0 Å². The van der Waals surface area contributed by atoms with E-state index in [-0.39, 0.29) is 11.5 Å². The third-order valence-corrected chi connectivity index (χ3v) is 5.08. The molecule has 0 amide bonds. The molecule has 4 heterocycles. The molecule has 8 heteroatoms. The molecule has 0 saturated carbocycles. The number of fused-ring (bicyclic) bond motifs is 1. The first-order chi connectivity index (χ1) is 12.0. The second-order valence-electron chi connectivity index (χ2n) is 7.06. The Hall–Kier alpha value is -2.19. The molecule has 3 aromatic heterocycles. The molecule has 1 atom stereocenters. The van der Waals surface area contributed by atoms with Gasteiger partial charge < -0.3 is 9.64 Å². The molecule has 1 unspecified atom stereocenters. The second-order valence-corrected chi connectivity index (χ2v) is 7.95. The molecule has 0 aliphatic carbocycles. The Labute approximate surface area is 150 Å². The van der Waals surface area contributed by atoms with Crippen LogP contribution in [0.4, 0.5) is 5.82 Å². The Balaban J connectivity index is 1.56. The number of aromatic nitrogens is 5. The van der Waals surface area contributed by atoms with E-state index in [1.807, 2.05) is 0 Å². The van der Waals surface area contributed by atoms with Crippen LogP contribution in [0.15, 0.2) is 24.0 Å². The Bertz CT molecular complexity index is 890. The summed E-state index contributed by atoms with van der Waals surface area (Å²) in [5, 5.41) is 3.14. The maximum atomic E-state index is 5.96. The lowest BCUT2D eigenvalue weighted by Gasteiger charge is -2.32. The predicted molar refractivity (Wildman–Crippen MR) is 96.8 cm³/mol. The SMILES string of the molecule is CC(C)(C)c1csc(C2CN(c3cnc4nccnc4n3)CCO2)n1. The molecule has 3 aromatic rings. The van der Waals surface area contributed by atoms with Crippen molar-refractivity contribution in [3.05, 3.63) is 34.7 Å². The summed E-state index contributed by atoms with van der Waals surface area (Å²) in [6, 6.07) is 0. The fraction of sp³-hybridized carbons (Fsp3) is 0.471. The lowest BCUT2D eigenvalue weighted by atomic mass is 9.93. The summed E-state index contributed by atoms with van der Waals surface area (Å²) in [5.41, 5.74) is 2.28. The molecule has 1 saturated heterocycles. The topological polar surface area (TPSA) is 76.9 Å². The number of thiazole rings is 1. The van der Waals surface area contributed by atoms with Crippen molar-refractivity contribution in [1.29, 1.82) is 0 Å². The van der Waals surface area contributed by atoms with Crippen molar-refractivity contribution < 1.29 is 4.74 Å². The van der Waals surface area contributed by atoms with Gasteiger partial charge in [0.15, 0.2) is 11.3 Å². The second kappa shape index (κ2) is 6.27. The van der Waals surface area contributed by atoms with Crippen LogP contribution >= 0.6 is 11.3 Å². The Morgan fingerprint density at radius 3 is 2.68 bits per heavy atom. The van der Waals surface area contributed by atoms with E-state index in [0.717, 1.165) is 23.1 Å². The molecule has 0 bridgehead atoms. The highest BCUT2D eigenvalue weighted by Crippen LogP contribution is 2.31. The van der Waals surface area contributed by atoms with E-state index >= 15 is 0 Å². The van der Waals surface area contributed by atoms with Crippen LogP contribution in [-0.2, 0) is 10.2 Å². The number of ether oxygens (including phenoxy) is 1. The molecule has 25 heavy (non-hydrogen) atoms. The minimum absolute atomic E-state index is 0.0470. The van der Waals surface area contributed by atoms with Gasteiger partial charge in [0.05, 0.1) is 25.0 Å². The number of nitrogens with zero attached hydrogens (tertiary/aromatic N) is 6. The molecule has 1 aliphatic rings. The highest BCUT2D eigenvalue weighted by Gasteiger charge is 2.27. The van der Waals surface area contributed by atoms with Gasteiger partial charge in [0.2, 0.25) is 0 Å². The van der Waals surface area contributed by atoms with Gasteiger partial charge in [-0.05, 0) is 0 Å². The number of anilines is 1. The summed E-state index contributed by atoms with van der Waals surface area (Å²) in [6.07, 6.45) is 4.96. The van der Waals surface area contributed by atoms with Crippen molar-refractivity contribution >= 4 is 28.4 Å². The predicted octanol–water partition coefficient (Wildman–Crippen LogP) is 2.75. The molecular weight excluding hydrogens is 336 g/mol. The largest absolute Gasteiger partial charge is 0.367 e. The highest BCUT2D eigenvalue weighted by molar-refractivity contribution is 7.09. The van der Waals surface area contributed by atoms with Crippen LogP contribution in [0.5, 0.6) is 0 Å². The number of morpholine rings is 1. The Morgan fingerprint density at radius 2 is 1.92 bits per heavy atom. The van der Waals surface area contributed by atoms with E-state index < -0.39 is 0 Å².